The second-order valence-electron chi connectivity index (χ2n) is 8.66. The highest BCUT2D eigenvalue weighted by atomic mass is 32.2. The molecule has 34 heavy (non-hydrogen) atoms. The van der Waals surface area contributed by atoms with Gasteiger partial charge in [-0.2, -0.15) is 4.98 Å². The number of rotatable bonds is 3. The smallest absolute Gasteiger partial charge is 0.350 e. The van der Waals surface area contributed by atoms with Crippen LogP contribution in [0.2, 0.25) is 0 Å². The Bertz CT molecular complexity index is 1530. The Kier molecular flexibility index (Phi) is 5.19. The van der Waals surface area contributed by atoms with Crippen LogP contribution >= 0.6 is 0 Å². The lowest BCUT2D eigenvalue weighted by Gasteiger charge is -2.40. The van der Waals surface area contributed by atoms with Gasteiger partial charge in [-0.3, -0.25) is 9.36 Å². The number of sulfone groups is 1. The molecule has 0 saturated carbocycles. The summed E-state index contributed by atoms with van der Waals surface area (Å²) in [5.41, 5.74) is -0.580. The first kappa shape index (κ1) is 22.5. The molecule has 0 radical (unpaired) electrons. The van der Waals surface area contributed by atoms with Crippen molar-refractivity contribution in [1.82, 2.24) is 14.5 Å². The zero-order valence-electron chi connectivity index (χ0n) is 18.4. The summed E-state index contributed by atoms with van der Waals surface area (Å²) in [7, 11) is -3.81. The van der Waals surface area contributed by atoms with Gasteiger partial charge in [0, 0.05) is 55.0 Å². The summed E-state index contributed by atoms with van der Waals surface area (Å²) in [6.45, 7) is 6.45. The molecule has 3 aliphatic rings. The van der Waals surface area contributed by atoms with E-state index in [4.69, 9.17) is 0 Å². The standard InChI is InChI=1S/C23H22F2N4O4S/c1-3-19(30)27-6-7-28(13(2)12-27)22-17-11-16(15-5-4-14(24)10-18(15)25)21-20(17)29(23(31)26-22)8-9-34(21,32)33/h3-5,10-11,13,16H,1,6-9,12H2,2H3/t13-,16?/m0/s1. The molecule has 2 aromatic rings. The molecule has 3 heterocycles. The Balaban J connectivity index is 1.73. The number of halogens is 2. The molecule has 1 aromatic carbocycles. The van der Waals surface area contributed by atoms with Crippen molar-refractivity contribution in [2.24, 2.45) is 0 Å². The SMILES string of the molecule is C=CC(=O)N1CCN(c2nc(=O)n3c4c2=CC(c2ccc(F)cc2F)C=4S(=O)(=O)CC3)[C@@H](C)C1. The number of hydrogen-bond donors (Lipinski definition) is 0. The van der Waals surface area contributed by atoms with Crippen molar-refractivity contribution in [2.75, 3.05) is 30.3 Å². The number of carbonyl (C=O) groups excluding carboxylic acids is 1. The van der Waals surface area contributed by atoms with Gasteiger partial charge in [0.05, 0.1) is 16.0 Å². The van der Waals surface area contributed by atoms with Crippen molar-refractivity contribution >= 4 is 32.5 Å². The molecular formula is C23H22F2N4O4S. The maximum atomic E-state index is 14.7. The van der Waals surface area contributed by atoms with Gasteiger partial charge in [0.2, 0.25) is 5.91 Å². The topological polar surface area (TPSA) is 92.6 Å². The van der Waals surface area contributed by atoms with Crippen molar-refractivity contribution < 1.29 is 22.0 Å². The number of aromatic nitrogens is 2. The predicted molar refractivity (Wildman–Crippen MR) is 122 cm³/mol. The average Bonchev–Trinajstić information content (AvgIpc) is 3.19. The average molecular weight is 489 g/mol. The second kappa shape index (κ2) is 7.86. The first-order chi connectivity index (χ1) is 16.1. The molecule has 8 nitrogen and oxygen atoms in total. The minimum absolute atomic E-state index is 0.0115. The Morgan fingerprint density at radius 1 is 1.24 bits per heavy atom. The molecule has 11 heteroatoms. The van der Waals surface area contributed by atoms with E-state index in [9.17, 15) is 26.8 Å². The van der Waals surface area contributed by atoms with Crippen LogP contribution in [0, 0.1) is 11.6 Å². The first-order valence-electron chi connectivity index (χ1n) is 10.8. The number of piperazine rings is 1. The maximum absolute atomic E-state index is 14.7. The minimum atomic E-state index is -3.81. The second-order valence-corrected chi connectivity index (χ2v) is 10.7. The molecule has 1 amide bonds. The van der Waals surface area contributed by atoms with Crippen LogP contribution in [0.5, 0.6) is 0 Å². The molecule has 1 aromatic heterocycles. The highest BCUT2D eigenvalue weighted by Gasteiger charge is 2.39. The highest BCUT2D eigenvalue weighted by molar-refractivity contribution is 8.00. The third kappa shape index (κ3) is 3.37. The van der Waals surface area contributed by atoms with Gasteiger partial charge >= 0.3 is 5.69 Å². The Hall–Kier alpha value is -3.34. The quantitative estimate of drug-likeness (QED) is 0.559. The fraction of sp³-hybridized carbons (Fsp3) is 0.348. The molecule has 178 valence electrons. The summed E-state index contributed by atoms with van der Waals surface area (Å²) in [4.78, 5) is 32.7. The molecule has 2 atom stereocenters. The molecule has 2 aliphatic heterocycles. The van der Waals surface area contributed by atoms with E-state index in [0.29, 0.717) is 36.7 Å². The zero-order valence-corrected chi connectivity index (χ0v) is 19.2. The van der Waals surface area contributed by atoms with Crippen LogP contribution in [0.1, 0.15) is 18.4 Å². The molecule has 0 spiro atoms. The largest absolute Gasteiger partial charge is 0.350 e. The molecule has 1 saturated heterocycles. The van der Waals surface area contributed by atoms with Crippen molar-refractivity contribution in [3.8, 4) is 0 Å². The summed E-state index contributed by atoms with van der Waals surface area (Å²) in [6.07, 6.45) is 2.84. The zero-order chi connectivity index (χ0) is 24.4. The summed E-state index contributed by atoms with van der Waals surface area (Å²) in [6, 6.07) is 2.80. The van der Waals surface area contributed by atoms with Gasteiger partial charge in [-0.25, -0.2) is 22.0 Å². The molecule has 0 N–H and O–H groups in total. The third-order valence-corrected chi connectivity index (χ3v) is 8.49. The van der Waals surface area contributed by atoms with Gasteiger partial charge in [-0.05, 0) is 19.1 Å². The van der Waals surface area contributed by atoms with Crippen LogP contribution in [0.25, 0.3) is 11.0 Å². The monoisotopic (exact) mass is 488 g/mol. The Morgan fingerprint density at radius 2 is 2.00 bits per heavy atom. The normalized spacial score (nSPS) is 22.9. The van der Waals surface area contributed by atoms with E-state index in [2.05, 4.69) is 11.6 Å². The molecule has 1 aliphatic carbocycles. The predicted octanol–water partition coefficient (Wildman–Crippen LogP) is -0.141. The van der Waals surface area contributed by atoms with Gasteiger partial charge in [-0.15, -0.1) is 0 Å². The fourth-order valence-electron chi connectivity index (χ4n) is 5.04. The van der Waals surface area contributed by atoms with E-state index in [1.165, 1.54) is 16.7 Å². The van der Waals surface area contributed by atoms with Gasteiger partial charge in [-0.1, -0.05) is 18.7 Å². The summed E-state index contributed by atoms with van der Waals surface area (Å²) in [5, 5.41) is 0.647. The molecule has 5 rings (SSSR count). The summed E-state index contributed by atoms with van der Waals surface area (Å²) in [5.74, 6) is -2.84. The van der Waals surface area contributed by atoms with E-state index in [0.717, 1.165) is 6.07 Å². The lowest BCUT2D eigenvalue weighted by atomic mass is 9.99. The number of anilines is 1. The maximum Gasteiger partial charge on any atom is 0.350 e. The van der Waals surface area contributed by atoms with E-state index in [1.807, 2.05) is 11.8 Å². The number of benzene rings is 1. The van der Waals surface area contributed by atoms with E-state index >= 15 is 0 Å². The Labute approximate surface area is 194 Å². The highest BCUT2D eigenvalue weighted by Crippen LogP contribution is 2.36. The van der Waals surface area contributed by atoms with E-state index in [1.54, 1.807) is 11.0 Å². The molecule has 1 fully saturated rings. The van der Waals surface area contributed by atoms with Crippen LogP contribution < -0.4 is 21.2 Å². The molecule has 0 bridgehead atoms. The lowest BCUT2D eigenvalue weighted by molar-refractivity contribution is -0.126. The molecule has 1 unspecified atom stereocenters. The third-order valence-electron chi connectivity index (χ3n) is 6.65. The Morgan fingerprint density at radius 3 is 2.68 bits per heavy atom. The van der Waals surface area contributed by atoms with Crippen molar-refractivity contribution in [3.63, 3.8) is 0 Å². The van der Waals surface area contributed by atoms with Crippen LogP contribution in [0.3, 0.4) is 0 Å². The first-order valence-corrected chi connectivity index (χ1v) is 12.5. The van der Waals surface area contributed by atoms with Gasteiger partial charge < -0.3 is 9.80 Å². The van der Waals surface area contributed by atoms with Crippen LogP contribution in [0.4, 0.5) is 14.6 Å². The fourth-order valence-corrected chi connectivity index (χ4v) is 6.78. The van der Waals surface area contributed by atoms with Crippen LogP contribution in [0.15, 0.2) is 35.6 Å². The number of amides is 1. The number of carbonyl (C=O) groups is 1. The number of nitrogens with zero attached hydrogens (tertiary/aromatic N) is 4. The van der Waals surface area contributed by atoms with Crippen molar-refractivity contribution in [1.29, 1.82) is 0 Å². The summed E-state index contributed by atoms with van der Waals surface area (Å²) >= 11 is 0. The van der Waals surface area contributed by atoms with Crippen molar-refractivity contribution in [3.05, 3.63) is 69.1 Å². The summed E-state index contributed by atoms with van der Waals surface area (Å²) < 4.78 is 55.9. The van der Waals surface area contributed by atoms with E-state index in [-0.39, 0.29) is 40.1 Å². The van der Waals surface area contributed by atoms with Gasteiger partial charge in [0.15, 0.2) is 9.84 Å². The van der Waals surface area contributed by atoms with Gasteiger partial charge in [0.25, 0.3) is 0 Å². The van der Waals surface area contributed by atoms with E-state index < -0.39 is 33.1 Å². The number of hydrogen-bond acceptors (Lipinski definition) is 6. The lowest BCUT2D eigenvalue weighted by Crippen LogP contribution is -2.58. The van der Waals surface area contributed by atoms with Crippen molar-refractivity contribution in [2.45, 2.75) is 25.4 Å². The van der Waals surface area contributed by atoms with Crippen LogP contribution in [-0.4, -0.2) is 60.2 Å². The van der Waals surface area contributed by atoms with Crippen LogP contribution in [-0.2, 0) is 21.2 Å². The minimum Gasteiger partial charge on any atom is -0.350 e. The van der Waals surface area contributed by atoms with Gasteiger partial charge in [0.1, 0.15) is 17.5 Å². The molecular weight excluding hydrogens is 466 g/mol.